The molecule has 0 saturated carbocycles. The SMILES string of the molecule is C[Si](C)(C)C1=CC=C([Si](C)(C)C)P(Cc2ccccc2)P1Cc1ccccc1. The minimum Gasteiger partial charge on any atom is -0.0656 e. The third-order valence-electron chi connectivity index (χ3n) is 5.13. The first-order valence-electron chi connectivity index (χ1n) is 10.2. The van der Waals surface area contributed by atoms with Crippen LogP contribution in [0.15, 0.2) is 82.7 Å². The molecule has 2 atom stereocenters. The van der Waals surface area contributed by atoms with Crippen molar-refractivity contribution < 1.29 is 0 Å². The van der Waals surface area contributed by atoms with Gasteiger partial charge in [-0.05, 0) is 26.3 Å². The Balaban J connectivity index is 2.06. The summed E-state index contributed by atoms with van der Waals surface area (Å²) in [5.74, 6) is 0. The van der Waals surface area contributed by atoms with E-state index in [0.29, 0.717) is 0 Å². The minimum absolute atomic E-state index is 0.136. The van der Waals surface area contributed by atoms with Gasteiger partial charge in [-0.1, -0.05) is 122 Å². The molecule has 4 heteroatoms. The van der Waals surface area contributed by atoms with Gasteiger partial charge in [0.2, 0.25) is 0 Å². The molecule has 0 amide bonds. The van der Waals surface area contributed by atoms with Gasteiger partial charge in [0, 0.05) is 12.3 Å². The van der Waals surface area contributed by atoms with Crippen LogP contribution in [0.1, 0.15) is 11.1 Å². The number of hydrogen-bond acceptors (Lipinski definition) is 0. The van der Waals surface area contributed by atoms with E-state index in [9.17, 15) is 0 Å². The van der Waals surface area contributed by atoms with Gasteiger partial charge in [0.05, 0.1) is 16.1 Å². The molecule has 0 N–H and O–H groups in total. The Morgan fingerprint density at radius 2 is 0.857 bits per heavy atom. The fourth-order valence-corrected chi connectivity index (χ4v) is 25.9. The number of benzene rings is 2. The first-order valence-corrected chi connectivity index (χ1v) is 21.0. The Labute approximate surface area is 176 Å². The minimum atomic E-state index is -1.34. The average molecular weight is 441 g/mol. The van der Waals surface area contributed by atoms with Crippen LogP contribution in [0.2, 0.25) is 39.3 Å². The van der Waals surface area contributed by atoms with Gasteiger partial charge in [-0.15, -0.1) is 0 Å². The largest absolute Gasteiger partial charge is 0.0786 e. The van der Waals surface area contributed by atoms with Crippen molar-refractivity contribution in [3.05, 3.63) is 93.8 Å². The van der Waals surface area contributed by atoms with Crippen molar-refractivity contribution >= 4 is 31.4 Å². The van der Waals surface area contributed by atoms with Crippen molar-refractivity contribution in [1.82, 2.24) is 0 Å². The Bertz CT molecular complexity index is 770. The summed E-state index contributed by atoms with van der Waals surface area (Å²) in [6.07, 6.45) is 7.68. The van der Waals surface area contributed by atoms with Crippen LogP contribution in [-0.4, -0.2) is 16.1 Å². The van der Waals surface area contributed by atoms with Gasteiger partial charge in [0.1, 0.15) is 0 Å². The first-order chi connectivity index (χ1) is 13.2. The summed E-state index contributed by atoms with van der Waals surface area (Å²) in [7, 11) is -2.96. The second-order valence-corrected chi connectivity index (χ2v) is 26.7. The van der Waals surface area contributed by atoms with E-state index in [1.165, 1.54) is 23.5 Å². The van der Waals surface area contributed by atoms with Gasteiger partial charge < -0.3 is 0 Å². The van der Waals surface area contributed by atoms with Gasteiger partial charge in [-0.2, -0.15) is 0 Å². The molecule has 0 radical (unpaired) electrons. The summed E-state index contributed by atoms with van der Waals surface area (Å²) in [5, 5.41) is 0. The molecular weight excluding hydrogens is 406 g/mol. The smallest absolute Gasteiger partial charge is 0.0656 e. The Kier molecular flexibility index (Phi) is 6.98. The Morgan fingerprint density at radius 3 is 1.14 bits per heavy atom. The van der Waals surface area contributed by atoms with Crippen LogP contribution in [0.4, 0.5) is 0 Å². The van der Waals surface area contributed by atoms with Crippen LogP contribution in [0, 0.1) is 0 Å². The third kappa shape index (κ3) is 5.42. The van der Waals surface area contributed by atoms with Crippen molar-refractivity contribution in [3.63, 3.8) is 0 Å². The highest BCUT2D eigenvalue weighted by Gasteiger charge is 2.39. The van der Waals surface area contributed by atoms with Crippen molar-refractivity contribution in [3.8, 4) is 0 Å². The quantitative estimate of drug-likeness (QED) is 0.311. The van der Waals surface area contributed by atoms with Crippen molar-refractivity contribution in [2.45, 2.75) is 51.6 Å². The van der Waals surface area contributed by atoms with Gasteiger partial charge in [-0.3, -0.25) is 0 Å². The highest BCUT2D eigenvalue weighted by molar-refractivity contribution is 8.34. The zero-order valence-electron chi connectivity index (χ0n) is 18.2. The van der Waals surface area contributed by atoms with E-state index < -0.39 is 16.1 Å². The van der Waals surface area contributed by atoms with Crippen LogP contribution in [0.5, 0.6) is 0 Å². The summed E-state index contributed by atoms with van der Waals surface area (Å²) >= 11 is 0. The normalized spacial score (nSPS) is 20.5. The lowest BCUT2D eigenvalue weighted by molar-refractivity contribution is 1.39. The predicted octanol–water partition coefficient (Wildman–Crippen LogP) is 8.80. The zero-order valence-corrected chi connectivity index (χ0v) is 22.0. The van der Waals surface area contributed by atoms with Crippen molar-refractivity contribution in [2.24, 2.45) is 0 Å². The number of rotatable bonds is 6. The standard InChI is InChI=1S/C24H34P2Si2/c1-27(2,3)23-17-18-24(28(4,5)6)26(20-22-15-11-8-12-16-22)25(23)19-21-13-9-7-10-14-21/h7-18H,19-20H2,1-6H3. The lowest BCUT2D eigenvalue weighted by atomic mass is 10.2. The van der Waals surface area contributed by atoms with Crippen LogP contribution < -0.4 is 0 Å². The molecule has 0 aliphatic carbocycles. The molecule has 0 nitrogen and oxygen atoms in total. The fourth-order valence-electron chi connectivity index (χ4n) is 3.72. The van der Waals surface area contributed by atoms with E-state index in [2.05, 4.69) is 112 Å². The number of allylic oxidation sites excluding steroid dienone is 2. The molecular formula is C24H34P2Si2. The van der Waals surface area contributed by atoms with E-state index >= 15 is 0 Å². The Hall–Kier alpha value is -0.786. The van der Waals surface area contributed by atoms with Crippen LogP contribution in [-0.2, 0) is 12.3 Å². The highest BCUT2D eigenvalue weighted by Crippen LogP contribution is 2.82. The highest BCUT2D eigenvalue weighted by atomic mass is 32.1. The maximum absolute atomic E-state index is 2.58. The van der Waals surface area contributed by atoms with Crippen molar-refractivity contribution in [1.29, 1.82) is 0 Å². The molecule has 3 rings (SSSR count). The lowest BCUT2D eigenvalue weighted by Crippen LogP contribution is -2.28. The summed E-state index contributed by atoms with van der Waals surface area (Å²) in [4.78, 5) is 3.69. The van der Waals surface area contributed by atoms with Crippen LogP contribution >= 0.6 is 15.2 Å². The first kappa shape index (κ1) is 21.9. The fraction of sp³-hybridized carbons (Fsp3) is 0.333. The molecule has 0 aromatic heterocycles. The second kappa shape index (κ2) is 8.92. The van der Waals surface area contributed by atoms with Crippen LogP contribution in [0.25, 0.3) is 0 Å². The molecule has 28 heavy (non-hydrogen) atoms. The lowest BCUT2D eigenvalue weighted by Gasteiger charge is -2.43. The van der Waals surface area contributed by atoms with E-state index in [1.54, 1.807) is 0 Å². The van der Waals surface area contributed by atoms with E-state index in [4.69, 9.17) is 0 Å². The summed E-state index contributed by atoms with van der Waals surface area (Å²) in [6.45, 7) is 15.3. The number of hydrogen-bond donors (Lipinski definition) is 0. The van der Waals surface area contributed by atoms with Gasteiger partial charge in [0.15, 0.2) is 0 Å². The maximum atomic E-state index is 2.58. The molecule has 1 aliphatic heterocycles. The molecule has 2 unspecified atom stereocenters. The van der Waals surface area contributed by atoms with Gasteiger partial charge in [0.25, 0.3) is 0 Å². The van der Waals surface area contributed by atoms with E-state index in [0.717, 1.165) is 0 Å². The Morgan fingerprint density at radius 1 is 0.536 bits per heavy atom. The maximum Gasteiger partial charge on any atom is 0.0786 e. The van der Waals surface area contributed by atoms with Gasteiger partial charge >= 0.3 is 0 Å². The third-order valence-corrected chi connectivity index (χ3v) is 22.5. The molecule has 1 heterocycles. The average Bonchev–Trinajstić information content (AvgIpc) is 2.63. The zero-order chi connectivity index (χ0) is 20.4. The molecule has 2 aromatic carbocycles. The monoisotopic (exact) mass is 440 g/mol. The molecule has 2 aromatic rings. The predicted molar refractivity (Wildman–Crippen MR) is 137 cm³/mol. The van der Waals surface area contributed by atoms with E-state index in [-0.39, 0.29) is 15.2 Å². The van der Waals surface area contributed by atoms with Gasteiger partial charge in [-0.25, -0.2) is 0 Å². The van der Waals surface area contributed by atoms with Crippen molar-refractivity contribution in [2.75, 3.05) is 0 Å². The van der Waals surface area contributed by atoms with Crippen LogP contribution in [0.3, 0.4) is 0 Å². The molecule has 148 valence electrons. The molecule has 1 aliphatic rings. The summed E-state index contributed by atoms with van der Waals surface area (Å²) in [6, 6.07) is 22.5. The second-order valence-electron chi connectivity index (χ2n) is 9.69. The summed E-state index contributed by atoms with van der Waals surface area (Å²) in [5.41, 5.74) is 3.05. The molecule has 0 saturated heterocycles. The molecule has 0 bridgehead atoms. The van der Waals surface area contributed by atoms with E-state index in [1.807, 2.05) is 9.87 Å². The molecule has 0 spiro atoms. The molecule has 0 fully saturated rings. The summed E-state index contributed by atoms with van der Waals surface area (Å²) < 4.78 is 0. The topological polar surface area (TPSA) is 0 Å².